The average Bonchev–Trinajstić information content (AvgIpc) is 2.99. The van der Waals surface area contributed by atoms with E-state index in [4.69, 9.17) is 9.47 Å². The van der Waals surface area contributed by atoms with Crippen LogP contribution in [-0.2, 0) is 16.9 Å². The van der Waals surface area contributed by atoms with Gasteiger partial charge in [0.15, 0.2) is 9.84 Å². The zero-order chi connectivity index (χ0) is 23.8. The fourth-order valence-electron chi connectivity index (χ4n) is 3.82. The van der Waals surface area contributed by atoms with Crippen LogP contribution in [0.1, 0.15) is 43.1 Å². The van der Waals surface area contributed by atoms with E-state index in [1.54, 1.807) is 58.2 Å². The monoisotopic (exact) mass is 456 g/mol. The van der Waals surface area contributed by atoms with Crippen LogP contribution in [0.4, 0.5) is 0 Å². The predicted molar refractivity (Wildman–Crippen MR) is 118 cm³/mol. The molecule has 0 radical (unpaired) electrons. The summed E-state index contributed by atoms with van der Waals surface area (Å²) in [6.07, 6.45) is 1.11. The summed E-state index contributed by atoms with van der Waals surface area (Å²) in [5.41, 5.74) is 1.69. The van der Waals surface area contributed by atoms with Gasteiger partial charge in [-0.05, 0) is 44.5 Å². The van der Waals surface area contributed by atoms with Crippen molar-refractivity contribution in [3.63, 3.8) is 0 Å². The number of ketones is 1. The topological polar surface area (TPSA) is 105 Å². The quantitative estimate of drug-likeness (QED) is 0.414. The molecule has 1 aromatic heterocycles. The molecule has 2 aromatic carbocycles. The number of benzene rings is 2. The lowest BCUT2D eigenvalue weighted by atomic mass is 9.97. The SMILES string of the molecule is COc1c(C(=O)c2c(C)nn(C)c2OC(=O)c2ccccc2)cc(C)c(S(C)(=O)=O)c1C. The number of hydrogen-bond acceptors (Lipinski definition) is 7. The van der Waals surface area contributed by atoms with Crippen molar-refractivity contribution < 1.29 is 27.5 Å². The van der Waals surface area contributed by atoms with Crippen molar-refractivity contribution in [1.29, 1.82) is 0 Å². The van der Waals surface area contributed by atoms with E-state index in [1.807, 2.05) is 0 Å². The van der Waals surface area contributed by atoms with Gasteiger partial charge in [0.2, 0.25) is 11.7 Å². The van der Waals surface area contributed by atoms with Gasteiger partial charge in [-0.3, -0.25) is 4.79 Å². The van der Waals surface area contributed by atoms with E-state index in [2.05, 4.69) is 5.10 Å². The molecule has 0 saturated heterocycles. The number of nitrogens with zero attached hydrogens (tertiary/aromatic N) is 2. The number of methoxy groups -OCH3 is 1. The fraction of sp³-hybridized carbons (Fsp3) is 0.261. The molecular weight excluding hydrogens is 432 g/mol. The molecule has 3 rings (SSSR count). The Morgan fingerprint density at radius 1 is 1.06 bits per heavy atom. The number of esters is 1. The molecule has 0 saturated carbocycles. The second kappa shape index (κ2) is 8.58. The number of hydrogen-bond donors (Lipinski definition) is 0. The molecule has 1 heterocycles. The standard InChI is InChI=1S/C23H24N2O6S/c1-13-12-17(20(30-5)14(2)21(13)32(6,28)29)19(26)18-15(3)24-25(4)22(18)31-23(27)16-10-8-7-9-11-16/h7-12H,1-6H3. The van der Waals surface area contributed by atoms with Crippen molar-refractivity contribution in [2.24, 2.45) is 7.05 Å². The molecular formula is C23H24N2O6S. The minimum Gasteiger partial charge on any atom is -0.496 e. The van der Waals surface area contributed by atoms with Crippen LogP contribution >= 0.6 is 0 Å². The van der Waals surface area contributed by atoms with Gasteiger partial charge in [-0.1, -0.05) is 18.2 Å². The zero-order valence-corrected chi connectivity index (χ0v) is 19.5. The molecule has 32 heavy (non-hydrogen) atoms. The maximum atomic E-state index is 13.6. The third-order valence-electron chi connectivity index (χ3n) is 5.06. The van der Waals surface area contributed by atoms with Crippen LogP contribution in [0.2, 0.25) is 0 Å². The minimum atomic E-state index is -3.54. The molecule has 0 aliphatic heterocycles. The van der Waals surface area contributed by atoms with Crippen molar-refractivity contribution in [3.8, 4) is 11.6 Å². The smallest absolute Gasteiger partial charge is 0.344 e. The van der Waals surface area contributed by atoms with Gasteiger partial charge in [0, 0.05) is 18.9 Å². The third kappa shape index (κ3) is 4.16. The van der Waals surface area contributed by atoms with E-state index in [0.29, 0.717) is 22.4 Å². The Morgan fingerprint density at radius 3 is 2.25 bits per heavy atom. The van der Waals surface area contributed by atoms with Gasteiger partial charge in [0.25, 0.3) is 0 Å². The number of carbonyl (C=O) groups is 2. The lowest BCUT2D eigenvalue weighted by molar-refractivity contribution is 0.0718. The van der Waals surface area contributed by atoms with Crippen LogP contribution in [0.15, 0.2) is 41.3 Å². The van der Waals surface area contributed by atoms with Crippen molar-refractivity contribution in [1.82, 2.24) is 9.78 Å². The average molecular weight is 457 g/mol. The van der Waals surface area contributed by atoms with Gasteiger partial charge in [-0.2, -0.15) is 5.10 Å². The van der Waals surface area contributed by atoms with Crippen molar-refractivity contribution in [2.75, 3.05) is 13.4 Å². The normalized spacial score (nSPS) is 11.3. The molecule has 0 spiro atoms. The number of carbonyl (C=O) groups excluding carboxylic acids is 2. The molecule has 8 nitrogen and oxygen atoms in total. The molecule has 0 bridgehead atoms. The van der Waals surface area contributed by atoms with E-state index in [9.17, 15) is 18.0 Å². The summed E-state index contributed by atoms with van der Waals surface area (Å²) in [6, 6.07) is 9.87. The lowest BCUT2D eigenvalue weighted by Gasteiger charge is -2.16. The summed E-state index contributed by atoms with van der Waals surface area (Å²) in [5.74, 6) is -0.987. The molecule has 9 heteroatoms. The van der Waals surface area contributed by atoms with Crippen LogP contribution in [0.3, 0.4) is 0 Å². The molecule has 0 aliphatic rings. The van der Waals surface area contributed by atoms with Crippen LogP contribution in [0, 0.1) is 20.8 Å². The largest absolute Gasteiger partial charge is 0.496 e. The summed E-state index contributed by atoms with van der Waals surface area (Å²) < 4.78 is 36.8. The molecule has 0 atom stereocenters. The van der Waals surface area contributed by atoms with E-state index >= 15 is 0 Å². The maximum absolute atomic E-state index is 13.6. The molecule has 0 amide bonds. The summed E-state index contributed by atoms with van der Waals surface area (Å²) in [6.45, 7) is 4.83. The Labute approximate surface area is 186 Å². The summed E-state index contributed by atoms with van der Waals surface area (Å²) >= 11 is 0. The first kappa shape index (κ1) is 23.2. The second-order valence-electron chi connectivity index (χ2n) is 7.47. The first-order chi connectivity index (χ1) is 15.0. The summed E-state index contributed by atoms with van der Waals surface area (Å²) in [5, 5.41) is 4.24. The first-order valence-corrected chi connectivity index (χ1v) is 11.6. The van der Waals surface area contributed by atoms with E-state index in [-0.39, 0.29) is 27.7 Å². The highest BCUT2D eigenvalue weighted by molar-refractivity contribution is 7.90. The highest BCUT2D eigenvalue weighted by Gasteiger charge is 2.30. The number of ether oxygens (including phenoxy) is 2. The van der Waals surface area contributed by atoms with Gasteiger partial charge < -0.3 is 9.47 Å². The zero-order valence-electron chi connectivity index (χ0n) is 18.7. The number of aryl methyl sites for hydroxylation is 3. The summed E-state index contributed by atoms with van der Waals surface area (Å²) in [4.78, 5) is 26.3. The van der Waals surface area contributed by atoms with E-state index in [0.717, 1.165) is 6.26 Å². The Balaban J connectivity index is 2.14. The van der Waals surface area contributed by atoms with Crippen LogP contribution in [0.5, 0.6) is 11.6 Å². The van der Waals surface area contributed by atoms with Gasteiger partial charge in [0.05, 0.1) is 28.8 Å². The van der Waals surface area contributed by atoms with E-state index in [1.165, 1.54) is 17.9 Å². The van der Waals surface area contributed by atoms with E-state index < -0.39 is 21.6 Å². The number of aromatic nitrogens is 2. The number of rotatable bonds is 6. The third-order valence-corrected chi connectivity index (χ3v) is 6.43. The lowest BCUT2D eigenvalue weighted by Crippen LogP contribution is -2.15. The minimum absolute atomic E-state index is 0.00842. The van der Waals surface area contributed by atoms with Gasteiger partial charge in [-0.25, -0.2) is 17.9 Å². The van der Waals surface area contributed by atoms with Crippen molar-refractivity contribution >= 4 is 21.6 Å². The first-order valence-electron chi connectivity index (χ1n) is 9.71. The fourth-order valence-corrected chi connectivity index (χ4v) is 5.11. The molecule has 3 aromatic rings. The summed E-state index contributed by atoms with van der Waals surface area (Å²) in [7, 11) is -0.604. The Kier molecular flexibility index (Phi) is 6.23. The van der Waals surface area contributed by atoms with Gasteiger partial charge in [-0.15, -0.1) is 0 Å². The van der Waals surface area contributed by atoms with Gasteiger partial charge in [0.1, 0.15) is 11.3 Å². The Morgan fingerprint density at radius 2 is 1.69 bits per heavy atom. The molecule has 168 valence electrons. The second-order valence-corrected chi connectivity index (χ2v) is 9.43. The van der Waals surface area contributed by atoms with Crippen LogP contribution in [0.25, 0.3) is 0 Å². The highest BCUT2D eigenvalue weighted by Crippen LogP contribution is 2.36. The predicted octanol–water partition coefficient (Wildman–Crippen LogP) is 3.21. The van der Waals surface area contributed by atoms with Crippen molar-refractivity contribution in [2.45, 2.75) is 25.7 Å². The highest BCUT2D eigenvalue weighted by atomic mass is 32.2. The Hall–Kier alpha value is -3.46. The molecule has 0 aliphatic carbocycles. The molecule has 0 unspecified atom stereocenters. The molecule has 0 fully saturated rings. The van der Waals surface area contributed by atoms with Gasteiger partial charge >= 0.3 is 5.97 Å². The maximum Gasteiger partial charge on any atom is 0.344 e. The number of sulfone groups is 1. The van der Waals surface area contributed by atoms with Crippen molar-refractivity contribution in [3.05, 3.63) is 69.9 Å². The molecule has 0 N–H and O–H groups in total. The Bertz CT molecular complexity index is 1320. The van der Waals surface area contributed by atoms with Crippen LogP contribution < -0.4 is 9.47 Å². The van der Waals surface area contributed by atoms with Crippen LogP contribution in [-0.4, -0.2) is 43.3 Å².